The highest BCUT2D eigenvalue weighted by molar-refractivity contribution is 7.11. The quantitative estimate of drug-likeness (QED) is 0.921. The monoisotopic (exact) mass is 264 g/mol. The second kappa shape index (κ2) is 5.20. The van der Waals surface area contributed by atoms with Crippen molar-refractivity contribution in [2.75, 3.05) is 7.05 Å². The summed E-state index contributed by atoms with van der Waals surface area (Å²) in [4.78, 5) is 5.87. The molecule has 0 aliphatic heterocycles. The molecule has 5 heteroatoms. The first-order valence-electron chi connectivity index (χ1n) is 6.13. The fourth-order valence-electron chi connectivity index (χ4n) is 2.06. The van der Waals surface area contributed by atoms with Crippen LogP contribution in [0.15, 0.2) is 0 Å². The van der Waals surface area contributed by atoms with Gasteiger partial charge in [-0.2, -0.15) is 5.10 Å². The molecule has 0 radical (unpaired) electrons. The Morgan fingerprint density at radius 2 is 1.89 bits per heavy atom. The van der Waals surface area contributed by atoms with Gasteiger partial charge in [0.25, 0.3) is 0 Å². The molecule has 0 saturated heterocycles. The fourth-order valence-corrected chi connectivity index (χ4v) is 2.97. The van der Waals surface area contributed by atoms with E-state index in [1.807, 2.05) is 7.05 Å². The van der Waals surface area contributed by atoms with Crippen molar-refractivity contribution in [3.8, 4) is 0 Å². The van der Waals surface area contributed by atoms with Crippen LogP contribution in [0.2, 0.25) is 0 Å². The van der Waals surface area contributed by atoms with Crippen molar-refractivity contribution >= 4 is 11.3 Å². The number of aromatic nitrogens is 3. The van der Waals surface area contributed by atoms with Crippen molar-refractivity contribution in [3.63, 3.8) is 0 Å². The van der Waals surface area contributed by atoms with Crippen LogP contribution in [0.4, 0.5) is 0 Å². The van der Waals surface area contributed by atoms with Gasteiger partial charge in [0.05, 0.1) is 17.9 Å². The normalized spacial score (nSPS) is 11.2. The SMILES string of the molecule is CNCc1c(C)nn(Cc2nc(C)c(C)s2)c1C. The van der Waals surface area contributed by atoms with Gasteiger partial charge in [0, 0.05) is 22.7 Å². The predicted molar refractivity (Wildman–Crippen MR) is 75.2 cm³/mol. The predicted octanol–water partition coefficient (Wildman–Crippen LogP) is 2.34. The molecule has 0 amide bonds. The molecule has 0 unspecified atom stereocenters. The molecule has 2 heterocycles. The Morgan fingerprint density at radius 1 is 1.17 bits per heavy atom. The van der Waals surface area contributed by atoms with Crippen molar-refractivity contribution in [2.24, 2.45) is 0 Å². The third-order valence-corrected chi connectivity index (χ3v) is 4.30. The average molecular weight is 264 g/mol. The minimum Gasteiger partial charge on any atom is -0.316 e. The zero-order chi connectivity index (χ0) is 13.3. The van der Waals surface area contributed by atoms with Crippen LogP contribution >= 0.6 is 11.3 Å². The van der Waals surface area contributed by atoms with Gasteiger partial charge in [0.15, 0.2) is 0 Å². The molecule has 18 heavy (non-hydrogen) atoms. The van der Waals surface area contributed by atoms with Gasteiger partial charge in [-0.3, -0.25) is 4.68 Å². The Labute approximate surface area is 112 Å². The Balaban J connectivity index is 2.26. The van der Waals surface area contributed by atoms with Crippen LogP contribution in [-0.4, -0.2) is 21.8 Å². The lowest BCUT2D eigenvalue weighted by atomic mass is 10.2. The summed E-state index contributed by atoms with van der Waals surface area (Å²) in [6.45, 7) is 10.0. The number of thiazole rings is 1. The van der Waals surface area contributed by atoms with Crippen LogP contribution in [-0.2, 0) is 13.1 Å². The molecule has 2 aromatic heterocycles. The summed E-state index contributed by atoms with van der Waals surface area (Å²) in [6, 6.07) is 0. The van der Waals surface area contributed by atoms with Gasteiger partial charge in [0.1, 0.15) is 5.01 Å². The third-order valence-electron chi connectivity index (χ3n) is 3.24. The van der Waals surface area contributed by atoms with Gasteiger partial charge < -0.3 is 5.32 Å². The van der Waals surface area contributed by atoms with Crippen LogP contribution in [0.1, 0.15) is 32.5 Å². The molecule has 0 atom stereocenters. The molecule has 0 fully saturated rings. The molecule has 4 nitrogen and oxygen atoms in total. The van der Waals surface area contributed by atoms with Crippen molar-refractivity contribution < 1.29 is 0 Å². The summed E-state index contributed by atoms with van der Waals surface area (Å²) in [7, 11) is 1.96. The van der Waals surface area contributed by atoms with E-state index in [1.54, 1.807) is 11.3 Å². The minimum absolute atomic E-state index is 0.774. The standard InChI is InChI=1S/C13H20N4S/c1-8-11(4)18-13(15-8)7-17-10(3)12(6-14-5)9(2)16-17/h14H,6-7H2,1-5H3. The molecular weight excluding hydrogens is 244 g/mol. The summed E-state index contributed by atoms with van der Waals surface area (Å²) in [5, 5.41) is 8.93. The van der Waals surface area contributed by atoms with Gasteiger partial charge >= 0.3 is 0 Å². The molecule has 2 rings (SSSR count). The molecule has 0 bridgehead atoms. The summed E-state index contributed by atoms with van der Waals surface area (Å²) in [5.41, 5.74) is 4.76. The van der Waals surface area contributed by atoms with E-state index >= 15 is 0 Å². The van der Waals surface area contributed by atoms with Gasteiger partial charge in [-0.05, 0) is 34.7 Å². The summed E-state index contributed by atoms with van der Waals surface area (Å²) in [5.74, 6) is 0. The summed E-state index contributed by atoms with van der Waals surface area (Å²) >= 11 is 1.76. The highest BCUT2D eigenvalue weighted by atomic mass is 32.1. The van der Waals surface area contributed by atoms with E-state index in [-0.39, 0.29) is 0 Å². The van der Waals surface area contributed by atoms with E-state index in [0.717, 1.165) is 29.5 Å². The number of rotatable bonds is 4. The Bertz CT molecular complexity index is 534. The van der Waals surface area contributed by atoms with Crippen molar-refractivity contribution in [2.45, 2.75) is 40.8 Å². The first-order chi connectivity index (χ1) is 8.52. The lowest BCUT2D eigenvalue weighted by Crippen LogP contribution is -2.08. The summed E-state index contributed by atoms with van der Waals surface area (Å²) in [6.07, 6.45) is 0. The number of nitrogens with one attached hydrogen (secondary N) is 1. The molecule has 98 valence electrons. The lowest BCUT2D eigenvalue weighted by molar-refractivity contribution is 0.653. The minimum atomic E-state index is 0.774. The van der Waals surface area contributed by atoms with Crippen LogP contribution in [0.5, 0.6) is 0 Å². The Kier molecular flexibility index (Phi) is 3.82. The maximum absolute atomic E-state index is 4.61. The summed E-state index contributed by atoms with van der Waals surface area (Å²) < 4.78 is 2.06. The highest BCUT2D eigenvalue weighted by Gasteiger charge is 2.12. The molecule has 0 saturated carbocycles. The number of nitrogens with zero attached hydrogens (tertiary/aromatic N) is 3. The molecule has 0 aliphatic rings. The maximum atomic E-state index is 4.61. The van der Waals surface area contributed by atoms with Crippen LogP contribution in [0.3, 0.4) is 0 Å². The first kappa shape index (κ1) is 13.2. The first-order valence-corrected chi connectivity index (χ1v) is 6.95. The molecule has 2 aromatic rings. The van der Waals surface area contributed by atoms with E-state index in [9.17, 15) is 0 Å². The number of hydrogen-bond acceptors (Lipinski definition) is 4. The fraction of sp³-hybridized carbons (Fsp3) is 0.538. The third kappa shape index (κ3) is 2.47. The Morgan fingerprint density at radius 3 is 2.44 bits per heavy atom. The van der Waals surface area contributed by atoms with Gasteiger partial charge in [0.2, 0.25) is 0 Å². The number of hydrogen-bond donors (Lipinski definition) is 1. The smallest absolute Gasteiger partial charge is 0.115 e. The zero-order valence-corrected chi connectivity index (χ0v) is 12.5. The van der Waals surface area contributed by atoms with Gasteiger partial charge in [-0.15, -0.1) is 11.3 Å². The van der Waals surface area contributed by atoms with Crippen LogP contribution < -0.4 is 5.32 Å². The average Bonchev–Trinajstić information content (AvgIpc) is 2.75. The molecule has 0 aliphatic carbocycles. The van der Waals surface area contributed by atoms with Crippen molar-refractivity contribution in [1.29, 1.82) is 0 Å². The van der Waals surface area contributed by atoms with Crippen LogP contribution in [0.25, 0.3) is 0 Å². The topological polar surface area (TPSA) is 42.7 Å². The highest BCUT2D eigenvalue weighted by Crippen LogP contribution is 2.19. The van der Waals surface area contributed by atoms with E-state index in [0.29, 0.717) is 0 Å². The van der Waals surface area contributed by atoms with E-state index in [2.05, 4.69) is 47.8 Å². The van der Waals surface area contributed by atoms with Crippen molar-refractivity contribution in [1.82, 2.24) is 20.1 Å². The lowest BCUT2D eigenvalue weighted by Gasteiger charge is -2.03. The largest absolute Gasteiger partial charge is 0.316 e. The maximum Gasteiger partial charge on any atom is 0.115 e. The second-order valence-electron chi connectivity index (χ2n) is 4.59. The van der Waals surface area contributed by atoms with Gasteiger partial charge in [-0.25, -0.2) is 4.98 Å². The molecule has 1 N–H and O–H groups in total. The Hall–Kier alpha value is -1.20. The van der Waals surface area contributed by atoms with Crippen molar-refractivity contribution in [3.05, 3.63) is 32.5 Å². The molecule has 0 aromatic carbocycles. The molecule has 0 spiro atoms. The van der Waals surface area contributed by atoms with E-state index < -0.39 is 0 Å². The second-order valence-corrected chi connectivity index (χ2v) is 5.87. The molecular formula is C13H20N4S. The van der Waals surface area contributed by atoms with E-state index in [4.69, 9.17) is 0 Å². The van der Waals surface area contributed by atoms with E-state index in [1.165, 1.54) is 16.1 Å². The van der Waals surface area contributed by atoms with Gasteiger partial charge in [-0.1, -0.05) is 0 Å². The number of aryl methyl sites for hydroxylation is 3. The van der Waals surface area contributed by atoms with Crippen LogP contribution in [0, 0.1) is 27.7 Å². The zero-order valence-electron chi connectivity index (χ0n) is 11.7.